The van der Waals surface area contributed by atoms with Crippen molar-refractivity contribution in [2.45, 2.75) is 38.1 Å². The number of halogens is 1. The van der Waals surface area contributed by atoms with Crippen molar-refractivity contribution in [3.8, 4) is 0 Å². The minimum atomic E-state index is 0. The Morgan fingerprint density at radius 2 is 1.81 bits per heavy atom. The molecule has 2 aliphatic heterocycles. The van der Waals surface area contributed by atoms with E-state index in [9.17, 15) is 0 Å². The number of likely N-dealkylation sites (tertiary alicyclic amines) is 1. The van der Waals surface area contributed by atoms with Crippen LogP contribution < -0.4 is 15.5 Å². The number of rotatable bonds is 5. The van der Waals surface area contributed by atoms with Gasteiger partial charge in [-0.1, -0.05) is 31.0 Å². The third kappa shape index (κ3) is 6.61. The number of guanidine groups is 1. The molecule has 2 heterocycles. The molecule has 1 atom stereocenters. The summed E-state index contributed by atoms with van der Waals surface area (Å²) in [6.07, 6.45) is 6.65. The van der Waals surface area contributed by atoms with E-state index in [1.165, 1.54) is 44.5 Å². The molecule has 146 valence electrons. The topological polar surface area (TPSA) is 42.9 Å². The van der Waals surface area contributed by atoms with Gasteiger partial charge in [0.1, 0.15) is 0 Å². The largest absolute Gasteiger partial charge is 0.369 e. The molecule has 5 nitrogen and oxygen atoms in total. The van der Waals surface area contributed by atoms with Gasteiger partial charge in [0.05, 0.1) is 0 Å². The number of anilines is 1. The van der Waals surface area contributed by atoms with Crippen LogP contribution in [-0.4, -0.2) is 63.2 Å². The van der Waals surface area contributed by atoms with Gasteiger partial charge in [0, 0.05) is 45.0 Å². The molecule has 2 saturated heterocycles. The number of hydrogen-bond donors (Lipinski definition) is 2. The van der Waals surface area contributed by atoms with Crippen molar-refractivity contribution in [3.05, 3.63) is 30.3 Å². The Labute approximate surface area is 175 Å². The fourth-order valence-electron chi connectivity index (χ4n) is 3.83. The smallest absolute Gasteiger partial charge is 0.191 e. The molecule has 0 bridgehead atoms. The van der Waals surface area contributed by atoms with Gasteiger partial charge in [-0.2, -0.15) is 0 Å². The van der Waals surface area contributed by atoms with Crippen LogP contribution in [0.4, 0.5) is 5.69 Å². The number of para-hydroxylation sites is 1. The van der Waals surface area contributed by atoms with E-state index in [0.717, 1.165) is 38.6 Å². The van der Waals surface area contributed by atoms with Gasteiger partial charge in [0.15, 0.2) is 5.96 Å². The molecule has 0 amide bonds. The first kappa shape index (κ1) is 21.3. The monoisotopic (exact) mass is 471 g/mol. The van der Waals surface area contributed by atoms with Crippen molar-refractivity contribution in [2.24, 2.45) is 4.99 Å². The molecule has 6 heteroatoms. The first-order valence-corrected chi connectivity index (χ1v) is 9.84. The van der Waals surface area contributed by atoms with Crippen molar-refractivity contribution < 1.29 is 0 Å². The van der Waals surface area contributed by atoms with Gasteiger partial charge in [-0.05, 0) is 44.5 Å². The van der Waals surface area contributed by atoms with Crippen LogP contribution in [-0.2, 0) is 0 Å². The maximum atomic E-state index is 4.41. The summed E-state index contributed by atoms with van der Waals surface area (Å²) in [5.74, 6) is 0.940. The lowest BCUT2D eigenvalue weighted by molar-refractivity contribution is 0.289. The number of nitrogens with one attached hydrogen (secondary N) is 2. The molecule has 0 aromatic heterocycles. The molecule has 1 unspecified atom stereocenters. The molecule has 1 aromatic rings. The Kier molecular flexibility index (Phi) is 9.53. The Morgan fingerprint density at radius 1 is 1.08 bits per heavy atom. The molecular formula is C20H34IN5. The Bertz CT molecular complexity index is 528. The molecule has 3 rings (SSSR count). The van der Waals surface area contributed by atoms with Gasteiger partial charge in [-0.25, -0.2) is 0 Å². The van der Waals surface area contributed by atoms with E-state index in [2.05, 4.69) is 55.8 Å². The molecule has 0 saturated carbocycles. The van der Waals surface area contributed by atoms with Crippen LogP contribution >= 0.6 is 24.0 Å². The standard InChI is InChI=1S/C20H33N5.HI/c1-21-20(22-12-16-24-13-7-2-3-8-14-24)23-18-11-15-25(17-18)19-9-5-4-6-10-19;/h4-6,9-10,18H,2-3,7-8,11-17H2,1H3,(H2,21,22,23);1H. The minimum absolute atomic E-state index is 0. The summed E-state index contributed by atoms with van der Waals surface area (Å²) in [5, 5.41) is 7.09. The highest BCUT2D eigenvalue weighted by molar-refractivity contribution is 14.0. The minimum Gasteiger partial charge on any atom is -0.369 e. The average Bonchev–Trinajstić information content (AvgIpc) is 2.96. The summed E-state index contributed by atoms with van der Waals surface area (Å²) in [5.41, 5.74) is 1.32. The molecule has 0 spiro atoms. The van der Waals surface area contributed by atoms with Crippen LogP contribution in [0.3, 0.4) is 0 Å². The van der Waals surface area contributed by atoms with Gasteiger partial charge < -0.3 is 20.4 Å². The zero-order chi connectivity index (χ0) is 17.3. The second kappa shape index (κ2) is 11.6. The van der Waals surface area contributed by atoms with Crippen molar-refractivity contribution in [3.63, 3.8) is 0 Å². The predicted octanol–water partition coefficient (Wildman–Crippen LogP) is 2.92. The lowest BCUT2D eigenvalue weighted by Gasteiger charge is -2.22. The van der Waals surface area contributed by atoms with Crippen LogP contribution in [0.1, 0.15) is 32.1 Å². The van der Waals surface area contributed by atoms with E-state index in [1.807, 2.05) is 7.05 Å². The molecule has 0 radical (unpaired) electrons. The molecule has 0 aliphatic carbocycles. The van der Waals surface area contributed by atoms with Crippen molar-refractivity contribution >= 4 is 35.6 Å². The highest BCUT2D eigenvalue weighted by atomic mass is 127. The number of hydrogen-bond acceptors (Lipinski definition) is 3. The van der Waals surface area contributed by atoms with Crippen LogP contribution in [0.5, 0.6) is 0 Å². The maximum absolute atomic E-state index is 4.41. The second-order valence-corrected chi connectivity index (χ2v) is 7.17. The normalized spacial score (nSPS) is 21.8. The summed E-state index contributed by atoms with van der Waals surface area (Å²) in [6, 6.07) is 11.1. The fraction of sp³-hybridized carbons (Fsp3) is 0.650. The van der Waals surface area contributed by atoms with Gasteiger partial charge >= 0.3 is 0 Å². The van der Waals surface area contributed by atoms with Gasteiger partial charge in [0.25, 0.3) is 0 Å². The van der Waals surface area contributed by atoms with Crippen LogP contribution in [0.25, 0.3) is 0 Å². The molecule has 2 N–H and O–H groups in total. The predicted molar refractivity (Wildman–Crippen MR) is 122 cm³/mol. The molecule has 1 aromatic carbocycles. The highest BCUT2D eigenvalue weighted by Gasteiger charge is 2.23. The second-order valence-electron chi connectivity index (χ2n) is 7.17. The summed E-state index contributed by atoms with van der Waals surface area (Å²) >= 11 is 0. The molecular weight excluding hydrogens is 437 g/mol. The van der Waals surface area contributed by atoms with Crippen molar-refractivity contribution in [1.29, 1.82) is 0 Å². The van der Waals surface area contributed by atoms with Crippen molar-refractivity contribution in [2.75, 3.05) is 51.2 Å². The lowest BCUT2D eigenvalue weighted by atomic mass is 10.2. The maximum Gasteiger partial charge on any atom is 0.191 e. The van der Waals surface area contributed by atoms with E-state index in [1.54, 1.807) is 0 Å². The fourth-order valence-corrected chi connectivity index (χ4v) is 3.83. The summed E-state index contributed by atoms with van der Waals surface area (Å²) in [6.45, 7) is 6.73. The van der Waals surface area contributed by atoms with Crippen molar-refractivity contribution in [1.82, 2.24) is 15.5 Å². The average molecular weight is 471 g/mol. The van der Waals surface area contributed by atoms with Gasteiger partial charge in [-0.15, -0.1) is 24.0 Å². The van der Waals surface area contributed by atoms with E-state index < -0.39 is 0 Å². The van der Waals surface area contributed by atoms with Crippen LogP contribution in [0.15, 0.2) is 35.3 Å². The van der Waals surface area contributed by atoms with E-state index in [-0.39, 0.29) is 24.0 Å². The summed E-state index contributed by atoms with van der Waals surface area (Å²) in [7, 11) is 1.87. The van der Waals surface area contributed by atoms with E-state index >= 15 is 0 Å². The van der Waals surface area contributed by atoms with Crippen LogP contribution in [0.2, 0.25) is 0 Å². The zero-order valence-corrected chi connectivity index (χ0v) is 18.3. The SMILES string of the molecule is CN=C(NCCN1CCCCCC1)NC1CCN(c2ccccc2)C1.I. The highest BCUT2D eigenvalue weighted by Crippen LogP contribution is 2.19. The third-order valence-corrected chi connectivity index (χ3v) is 5.29. The van der Waals surface area contributed by atoms with Gasteiger partial charge in [0.2, 0.25) is 0 Å². The summed E-state index contributed by atoms with van der Waals surface area (Å²) < 4.78 is 0. The Balaban J connectivity index is 0.00000243. The quantitative estimate of drug-likeness (QED) is 0.394. The first-order valence-electron chi connectivity index (χ1n) is 9.84. The molecule has 26 heavy (non-hydrogen) atoms. The van der Waals surface area contributed by atoms with Crippen LogP contribution in [0, 0.1) is 0 Å². The number of aliphatic imine (C=N–C) groups is 1. The zero-order valence-electron chi connectivity index (χ0n) is 16.0. The first-order chi connectivity index (χ1) is 12.3. The number of nitrogens with zero attached hydrogens (tertiary/aromatic N) is 3. The number of benzene rings is 1. The van der Waals surface area contributed by atoms with E-state index in [0.29, 0.717) is 6.04 Å². The van der Waals surface area contributed by atoms with Gasteiger partial charge in [-0.3, -0.25) is 4.99 Å². The lowest BCUT2D eigenvalue weighted by Crippen LogP contribution is -2.46. The molecule has 2 aliphatic rings. The Morgan fingerprint density at radius 3 is 2.50 bits per heavy atom. The Hall–Kier alpha value is -1.02. The third-order valence-electron chi connectivity index (χ3n) is 5.29. The van der Waals surface area contributed by atoms with E-state index in [4.69, 9.17) is 0 Å². The summed E-state index contributed by atoms with van der Waals surface area (Å²) in [4.78, 5) is 9.44. The molecule has 2 fully saturated rings.